The van der Waals surface area contributed by atoms with Gasteiger partial charge in [-0.3, -0.25) is 0 Å². The Morgan fingerprint density at radius 3 is 2.78 bits per heavy atom. The van der Waals surface area contributed by atoms with E-state index in [0.717, 1.165) is 16.8 Å². The molecule has 0 aliphatic carbocycles. The smallest absolute Gasteiger partial charge is 0.181 e. The van der Waals surface area contributed by atoms with Gasteiger partial charge in [0.15, 0.2) is 5.65 Å². The average molecular weight is 239 g/mol. The minimum atomic E-state index is -0.0138. The molecule has 4 nitrogen and oxygen atoms in total. The van der Waals surface area contributed by atoms with Gasteiger partial charge in [0.25, 0.3) is 0 Å². The molecule has 0 bridgehead atoms. The summed E-state index contributed by atoms with van der Waals surface area (Å²) in [7, 11) is 0. The fourth-order valence-corrected chi connectivity index (χ4v) is 1.91. The zero-order valence-electron chi connectivity index (χ0n) is 10.00. The highest BCUT2D eigenvalue weighted by Crippen LogP contribution is 2.26. The van der Waals surface area contributed by atoms with Crippen molar-refractivity contribution in [3.05, 3.63) is 54.5 Å². The number of pyridine rings is 1. The van der Waals surface area contributed by atoms with Gasteiger partial charge in [0.05, 0.1) is 6.33 Å². The van der Waals surface area contributed by atoms with Crippen molar-refractivity contribution in [2.75, 3.05) is 0 Å². The Balaban J connectivity index is 1.91. The quantitative estimate of drug-likeness (QED) is 0.764. The van der Waals surface area contributed by atoms with Crippen molar-refractivity contribution in [3.8, 4) is 5.75 Å². The van der Waals surface area contributed by atoms with Gasteiger partial charge in [-0.1, -0.05) is 30.3 Å². The molecule has 0 saturated carbocycles. The first-order valence-electron chi connectivity index (χ1n) is 5.84. The van der Waals surface area contributed by atoms with E-state index in [1.165, 1.54) is 0 Å². The van der Waals surface area contributed by atoms with E-state index >= 15 is 0 Å². The average Bonchev–Trinajstić information content (AvgIpc) is 2.89. The van der Waals surface area contributed by atoms with Crippen LogP contribution in [0.15, 0.2) is 48.9 Å². The van der Waals surface area contributed by atoms with Crippen LogP contribution >= 0.6 is 0 Å². The number of nitrogens with zero attached hydrogens (tertiary/aromatic N) is 2. The molecule has 1 unspecified atom stereocenters. The normalized spacial score (nSPS) is 12.5. The molecule has 0 aliphatic rings. The number of imidazole rings is 1. The highest BCUT2D eigenvalue weighted by Gasteiger charge is 2.10. The van der Waals surface area contributed by atoms with Crippen LogP contribution in [-0.4, -0.2) is 15.0 Å². The summed E-state index contributed by atoms with van der Waals surface area (Å²) >= 11 is 0. The Labute approximate surface area is 105 Å². The summed E-state index contributed by atoms with van der Waals surface area (Å²) in [6.07, 6.45) is 3.31. The number of benzene rings is 1. The van der Waals surface area contributed by atoms with Gasteiger partial charge < -0.3 is 9.72 Å². The van der Waals surface area contributed by atoms with Crippen LogP contribution in [0.4, 0.5) is 0 Å². The third-order valence-corrected chi connectivity index (χ3v) is 2.86. The third kappa shape index (κ3) is 1.93. The lowest BCUT2D eigenvalue weighted by molar-refractivity contribution is 0.229. The van der Waals surface area contributed by atoms with Crippen LogP contribution in [0.2, 0.25) is 0 Å². The Morgan fingerprint density at radius 1 is 1.11 bits per heavy atom. The Hall–Kier alpha value is -2.36. The van der Waals surface area contributed by atoms with Crippen LogP contribution in [0.25, 0.3) is 11.2 Å². The topological polar surface area (TPSA) is 50.8 Å². The number of aromatic nitrogens is 3. The summed E-state index contributed by atoms with van der Waals surface area (Å²) in [6, 6.07) is 12.0. The standard InChI is InChI=1S/C14H13N3O/c1-10(11-5-3-2-4-6-11)18-12-7-8-15-14-13(12)16-9-17-14/h2-10H,1H3,(H,15,16,17). The van der Waals surface area contributed by atoms with Crippen LogP contribution in [0.5, 0.6) is 5.75 Å². The van der Waals surface area contributed by atoms with Crippen molar-refractivity contribution >= 4 is 11.2 Å². The Bertz CT molecular complexity index is 648. The summed E-state index contributed by atoms with van der Waals surface area (Å²) in [5.41, 5.74) is 2.65. The number of H-pyrrole nitrogens is 1. The maximum absolute atomic E-state index is 5.96. The number of nitrogens with one attached hydrogen (secondary N) is 1. The molecule has 3 aromatic rings. The van der Waals surface area contributed by atoms with E-state index in [0.29, 0.717) is 5.65 Å². The van der Waals surface area contributed by atoms with Gasteiger partial charge in [0, 0.05) is 12.3 Å². The number of hydrogen-bond donors (Lipinski definition) is 1. The summed E-state index contributed by atoms with van der Waals surface area (Å²) in [5, 5.41) is 0. The fraction of sp³-hybridized carbons (Fsp3) is 0.143. The van der Waals surface area contributed by atoms with Crippen LogP contribution in [-0.2, 0) is 0 Å². The van der Waals surface area contributed by atoms with Gasteiger partial charge >= 0.3 is 0 Å². The fourth-order valence-electron chi connectivity index (χ4n) is 1.91. The zero-order chi connectivity index (χ0) is 12.4. The summed E-state index contributed by atoms with van der Waals surface area (Å²) in [4.78, 5) is 11.3. The van der Waals surface area contributed by atoms with Gasteiger partial charge in [0.1, 0.15) is 17.4 Å². The maximum atomic E-state index is 5.96. The molecule has 0 amide bonds. The highest BCUT2D eigenvalue weighted by atomic mass is 16.5. The second kappa shape index (κ2) is 4.49. The first-order chi connectivity index (χ1) is 8.84. The molecule has 0 aliphatic heterocycles. The van der Waals surface area contributed by atoms with Crippen molar-refractivity contribution in [1.29, 1.82) is 0 Å². The molecule has 1 atom stereocenters. The Morgan fingerprint density at radius 2 is 1.94 bits per heavy atom. The van der Waals surface area contributed by atoms with Gasteiger partial charge in [-0.15, -0.1) is 0 Å². The van der Waals surface area contributed by atoms with Crippen molar-refractivity contribution in [1.82, 2.24) is 15.0 Å². The molecule has 3 rings (SSSR count). The second-order valence-corrected chi connectivity index (χ2v) is 4.08. The van der Waals surface area contributed by atoms with Crippen LogP contribution in [0, 0.1) is 0 Å². The van der Waals surface area contributed by atoms with Crippen LogP contribution < -0.4 is 4.74 Å². The van der Waals surface area contributed by atoms with Gasteiger partial charge in [-0.05, 0) is 12.5 Å². The summed E-state index contributed by atoms with van der Waals surface area (Å²) in [6.45, 7) is 2.03. The molecular formula is C14H13N3O. The zero-order valence-corrected chi connectivity index (χ0v) is 10.00. The lowest BCUT2D eigenvalue weighted by atomic mass is 10.1. The molecule has 4 heteroatoms. The number of aromatic amines is 1. The minimum Gasteiger partial charge on any atom is -0.484 e. The highest BCUT2D eigenvalue weighted by molar-refractivity contribution is 5.77. The second-order valence-electron chi connectivity index (χ2n) is 4.08. The maximum Gasteiger partial charge on any atom is 0.181 e. The number of ether oxygens (including phenoxy) is 1. The molecule has 1 N–H and O–H groups in total. The van der Waals surface area contributed by atoms with E-state index < -0.39 is 0 Å². The Kier molecular flexibility index (Phi) is 2.68. The molecular weight excluding hydrogens is 226 g/mol. The van der Waals surface area contributed by atoms with E-state index in [2.05, 4.69) is 27.1 Å². The summed E-state index contributed by atoms with van der Waals surface area (Å²) in [5.74, 6) is 0.772. The monoisotopic (exact) mass is 239 g/mol. The van der Waals surface area contributed by atoms with Crippen molar-refractivity contribution in [2.24, 2.45) is 0 Å². The first kappa shape index (κ1) is 10.8. The predicted octanol–water partition coefficient (Wildman–Crippen LogP) is 3.10. The summed E-state index contributed by atoms with van der Waals surface area (Å²) < 4.78 is 5.96. The number of hydrogen-bond acceptors (Lipinski definition) is 3. The first-order valence-corrected chi connectivity index (χ1v) is 5.84. The number of rotatable bonds is 3. The SMILES string of the molecule is CC(Oc1ccnc2nc[nH]c12)c1ccccc1. The van der Waals surface area contributed by atoms with Gasteiger partial charge in [0.2, 0.25) is 0 Å². The molecule has 90 valence electrons. The van der Waals surface area contributed by atoms with E-state index in [-0.39, 0.29) is 6.10 Å². The lowest BCUT2D eigenvalue weighted by Crippen LogP contribution is -2.03. The molecule has 0 saturated heterocycles. The van der Waals surface area contributed by atoms with Crippen molar-refractivity contribution < 1.29 is 4.74 Å². The molecule has 0 radical (unpaired) electrons. The van der Waals surface area contributed by atoms with Crippen LogP contribution in [0.1, 0.15) is 18.6 Å². The lowest BCUT2D eigenvalue weighted by Gasteiger charge is -2.15. The van der Waals surface area contributed by atoms with E-state index in [9.17, 15) is 0 Å². The molecule has 1 aromatic carbocycles. The molecule has 2 heterocycles. The molecule has 0 fully saturated rings. The minimum absolute atomic E-state index is 0.0138. The van der Waals surface area contributed by atoms with Crippen LogP contribution in [0.3, 0.4) is 0 Å². The third-order valence-electron chi connectivity index (χ3n) is 2.86. The molecule has 0 spiro atoms. The van der Waals surface area contributed by atoms with Gasteiger partial charge in [-0.25, -0.2) is 9.97 Å². The molecule has 18 heavy (non-hydrogen) atoms. The number of fused-ring (bicyclic) bond motifs is 1. The van der Waals surface area contributed by atoms with E-state index in [4.69, 9.17) is 4.74 Å². The van der Waals surface area contributed by atoms with E-state index in [1.807, 2.05) is 31.2 Å². The predicted molar refractivity (Wildman–Crippen MR) is 69.4 cm³/mol. The largest absolute Gasteiger partial charge is 0.484 e. The van der Waals surface area contributed by atoms with Gasteiger partial charge in [-0.2, -0.15) is 0 Å². The molecule has 2 aromatic heterocycles. The van der Waals surface area contributed by atoms with Crippen molar-refractivity contribution in [3.63, 3.8) is 0 Å². The van der Waals surface area contributed by atoms with E-state index in [1.54, 1.807) is 12.5 Å². The van der Waals surface area contributed by atoms with Crippen molar-refractivity contribution in [2.45, 2.75) is 13.0 Å².